The Balaban J connectivity index is 1.47. The van der Waals surface area contributed by atoms with Crippen molar-refractivity contribution in [1.82, 2.24) is 15.5 Å². The Kier molecular flexibility index (Phi) is 5.65. The number of urea groups is 1. The molecular weight excluding hydrogens is 338 g/mol. The number of benzene rings is 1. The molecule has 1 aliphatic heterocycles. The Bertz CT molecular complexity index is 653. The van der Waals surface area contributed by atoms with Crippen LogP contribution in [0.25, 0.3) is 0 Å². The van der Waals surface area contributed by atoms with Crippen molar-refractivity contribution in [2.24, 2.45) is 5.92 Å². The molecule has 2 atom stereocenters. The third-order valence-electron chi connectivity index (χ3n) is 6.25. The summed E-state index contributed by atoms with van der Waals surface area (Å²) in [5.74, 6) is 0.0298. The SMILES string of the molecule is O=C(NC1CC1)C1CCC(c2ccccc2)N(C(=O)NC2CCCCC2)C1. The quantitative estimate of drug-likeness (QED) is 0.849. The van der Waals surface area contributed by atoms with Crippen LogP contribution in [-0.4, -0.2) is 35.5 Å². The van der Waals surface area contributed by atoms with Crippen molar-refractivity contribution < 1.29 is 9.59 Å². The highest BCUT2D eigenvalue weighted by atomic mass is 16.2. The van der Waals surface area contributed by atoms with Crippen LogP contribution in [0.5, 0.6) is 0 Å². The highest BCUT2D eigenvalue weighted by molar-refractivity contribution is 5.81. The summed E-state index contributed by atoms with van der Waals surface area (Å²) in [6, 6.07) is 10.9. The van der Waals surface area contributed by atoms with Crippen LogP contribution in [0.2, 0.25) is 0 Å². The van der Waals surface area contributed by atoms with E-state index in [4.69, 9.17) is 0 Å². The largest absolute Gasteiger partial charge is 0.353 e. The van der Waals surface area contributed by atoms with Crippen molar-refractivity contribution in [1.29, 1.82) is 0 Å². The minimum Gasteiger partial charge on any atom is -0.353 e. The van der Waals surface area contributed by atoms with Gasteiger partial charge in [-0.25, -0.2) is 4.79 Å². The molecule has 0 spiro atoms. The van der Waals surface area contributed by atoms with Gasteiger partial charge in [-0.2, -0.15) is 0 Å². The highest BCUT2D eigenvalue weighted by Gasteiger charge is 2.37. The Morgan fingerprint density at radius 3 is 2.22 bits per heavy atom. The molecule has 1 aromatic carbocycles. The Morgan fingerprint density at radius 2 is 1.52 bits per heavy atom. The molecule has 5 nitrogen and oxygen atoms in total. The molecule has 1 aromatic rings. The van der Waals surface area contributed by atoms with E-state index in [9.17, 15) is 9.59 Å². The van der Waals surface area contributed by atoms with Gasteiger partial charge in [0.05, 0.1) is 12.0 Å². The van der Waals surface area contributed by atoms with Gasteiger partial charge in [0.15, 0.2) is 0 Å². The summed E-state index contributed by atoms with van der Waals surface area (Å²) in [5.41, 5.74) is 1.16. The third-order valence-corrected chi connectivity index (χ3v) is 6.25. The first-order valence-electron chi connectivity index (χ1n) is 10.6. The monoisotopic (exact) mass is 369 g/mol. The average Bonchev–Trinajstić information content (AvgIpc) is 3.53. The van der Waals surface area contributed by atoms with Gasteiger partial charge < -0.3 is 15.5 Å². The fourth-order valence-electron chi connectivity index (χ4n) is 4.48. The van der Waals surface area contributed by atoms with E-state index in [1.165, 1.54) is 19.3 Å². The Morgan fingerprint density at radius 1 is 0.815 bits per heavy atom. The molecule has 2 saturated carbocycles. The number of amides is 3. The van der Waals surface area contributed by atoms with Crippen molar-refractivity contribution in [2.75, 3.05) is 6.54 Å². The van der Waals surface area contributed by atoms with Gasteiger partial charge in [0, 0.05) is 18.6 Å². The second kappa shape index (κ2) is 8.32. The normalized spacial score (nSPS) is 26.4. The molecule has 1 saturated heterocycles. The zero-order valence-corrected chi connectivity index (χ0v) is 16.0. The van der Waals surface area contributed by atoms with Crippen LogP contribution in [0.3, 0.4) is 0 Å². The Hall–Kier alpha value is -2.04. The minimum absolute atomic E-state index is 0.000301. The van der Waals surface area contributed by atoms with E-state index >= 15 is 0 Å². The Labute approximate surface area is 161 Å². The van der Waals surface area contributed by atoms with Gasteiger partial charge in [-0.05, 0) is 44.1 Å². The van der Waals surface area contributed by atoms with Crippen molar-refractivity contribution in [2.45, 2.75) is 75.9 Å². The number of likely N-dealkylation sites (tertiary alicyclic amines) is 1. The van der Waals surface area contributed by atoms with Gasteiger partial charge in [0.25, 0.3) is 0 Å². The van der Waals surface area contributed by atoms with E-state index < -0.39 is 0 Å². The second-order valence-electron chi connectivity index (χ2n) is 8.42. The zero-order valence-electron chi connectivity index (χ0n) is 16.0. The number of nitrogens with zero attached hydrogens (tertiary/aromatic N) is 1. The van der Waals surface area contributed by atoms with Crippen LogP contribution >= 0.6 is 0 Å². The summed E-state index contributed by atoms with van der Waals surface area (Å²) in [5, 5.41) is 6.38. The lowest BCUT2D eigenvalue weighted by Crippen LogP contribution is -2.52. The molecule has 2 unspecified atom stereocenters. The summed E-state index contributed by atoms with van der Waals surface area (Å²) < 4.78 is 0. The lowest BCUT2D eigenvalue weighted by atomic mass is 9.88. The van der Waals surface area contributed by atoms with Gasteiger partial charge in [0.2, 0.25) is 5.91 Å². The summed E-state index contributed by atoms with van der Waals surface area (Å²) in [4.78, 5) is 27.6. The van der Waals surface area contributed by atoms with Gasteiger partial charge >= 0.3 is 6.03 Å². The van der Waals surface area contributed by atoms with E-state index in [0.29, 0.717) is 12.6 Å². The van der Waals surface area contributed by atoms with E-state index in [0.717, 1.165) is 44.1 Å². The molecule has 146 valence electrons. The molecule has 3 aliphatic rings. The topological polar surface area (TPSA) is 61.4 Å². The van der Waals surface area contributed by atoms with E-state index in [1.54, 1.807) is 0 Å². The summed E-state index contributed by atoms with van der Waals surface area (Å²) in [7, 11) is 0. The van der Waals surface area contributed by atoms with Crippen LogP contribution in [-0.2, 0) is 4.79 Å². The van der Waals surface area contributed by atoms with Gasteiger partial charge in [-0.1, -0.05) is 49.6 Å². The predicted octanol–water partition coefficient (Wildman–Crippen LogP) is 3.76. The van der Waals surface area contributed by atoms with Crippen LogP contribution in [0, 0.1) is 5.92 Å². The van der Waals surface area contributed by atoms with Gasteiger partial charge in [-0.3, -0.25) is 4.79 Å². The molecular formula is C22H31N3O2. The fourth-order valence-corrected chi connectivity index (χ4v) is 4.48. The number of piperidine rings is 1. The number of hydrogen-bond donors (Lipinski definition) is 2. The molecule has 27 heavy (non-hydrogen) atoms. The van der Waals surface area contributed by atoms with Crippen molar-refractivity contribution in [3.63, 3.8) is 0 Å². The lowest BCUT2D eigenvalue weighted by molar-refractivity contribution is -0.126. The molecule has 0 aromatic heterocycles. The lowest BCUT2D eigenvalue weighted by Gasteiger charge is -2.40. The fraction of sp³-hybridized carbons (Fsp3) is 0.636. The van der Waals surface area contributed by atoms with Gasteiger partial charge in [-0.15, -0.1) is 0 Å². The number of hydrogen-bond acceptors (Lipinski definition) is 2. The number of nitrogens with one attached hydrogen (secondary N) is 2. The molecule has 4 rings (SSSR count). The maximum Gasteiger partial charge on any atom is 0.318 e. The molecule has 0 radical (unpaired) electrons. The third kappa shape index (κ3) is 4.63. The number of rotatable bonds is 4. The van der Waals surface area contributed by atoms with E-state index in [1.807, 2.05) is 23.1 Å². The van der Waals surface area contributed by atoms with Crippen LogP contribution in [0.4, 0.5) is 4.79 Å². The van der Waals surface area contributed by atoms with Crippen molar-refractivity contribution in [3.8, 4) is 0 Å². The summed E-state index contributed by atoms with van der Waals surface area (Å²) in [6.45, 7) is 0.511. The first kappa shape index (κ1) is 18.3. The molecule has 3 amide bonds. The maximum absolute atomic E-state index is 13.1. The van der Waals surface area contributed by atoms with Gasteiger partial charge in [0.1, 0.15) is 0 Å². The molecule has 3 fully saturated rings. The van der Waals surface area contributed by atoms with Crippen LogP contribution < -0.4 is 10.6 Å². The summed E-state index contributed by atoms with van der Waals surface area (Å²) >= 11 is 0. The zero-order chi connectivity index (χ0) is 18.6. The first-order chi connectivity index (χ1) is 13.2. The minimum atomic E-state index is -0.0948. The van der Waals surface area contributed by atoms with Crippen LogP contribution in [0.15, 0.2) is 30.3 Å². The smallest absolute Gasteiger partial charge is 0.318 e. The molecule has 5 heteroatoms. The number of carbonyl (C=O) groups excluding carboxylic acids is 2. The number of carbonyl (C=O) groups is 2. The predicted molar refractivity (Wildman–Crippen MR) is 105 cm³/mol. The van der Waals surface area contributed by atoms with E-state index in [2.05, 4.69) is 22.8 Å². The molecule has 1 heterocycles. The maximum atomic E-state index is 13.1. The van der Waals surface area contributed by atoms with Crippen LogP contribution in [0.1, 0.15) is 69.4 Å². The molecule has 0 bridgehead atoms. The standard InChI is InChI=1S/C22H31N3O2/c26-21(23-19-12-13-19)17-11-14-20(16-7-3-1-4-8-16)25(15-17)22(27)24-18-9-5-2-6-10-18/h1,3-4,7-8,17-20H,2,5-6,9-15H2,(H,23,26)(H,24,27). The molecule has 2 N–H and O–H groups in total. The van der Waals surface area contributed by atoms with Crippen molar-refractivity contribution in [3.05, 3.63) is 35.9 Å². The van der Waals surface area contributed by atoms with E-state index in [-0.39, 0.29) is 29.9 Å². The highest BCUT2D eigenvalue weighted by Crippen LogP contribution is 2.34. The second-order valence-corrected chi connectivity index (χ2v) is 8.42. The van der Waals surface area contributed by atoms with Crippen molar-refractivity contribution >= 4 is 11.9 Å². The summed E-state index contributed by atoms with van der Waals surface area (Å²) in [6.07, 6.45) is 9.66. The first-order valence-corrected chi connectivity index (χ1v) is 10.6. The average molecular weight is 370 g/mol. The molecule has 2 aliphatic carbocycles.